The molecule has 0 amide bonds. The molecule has 0 radical (unpaired) electrons. The summed E-state index contributed by atoms with van der Waals surface area (Å²) in [5.41, 5.74) is 1.82. The number of nitriles is 1. The lowest BCUT2D eigenvalue weighted by molar-refractivity contribution is 0.462. The number of ether oxygens (including phenoxy) is 1. The lowest BCUT2D eigenvalue weighted by atomic mass is 10.1. The van der Waals surface area contributed by atoms with Gasteiger partial charge in [-0.1, -0.05) is 6.92 Å². The second-order valence-electron chi connectivity index (χ2n) is 3.83. The van der Waals surface area contributed by atoms with Crippen molar-refractivity contribution in [3.8, 4) is 17.7 Å². The van der Waals surface area contributed by atoms with Crippen LogP contribution in [0, 0.1) is 16.2 Å². The Morgan fingerprint density at radius 2 is 2.21 bits per heavy atom. The number of pyridine rings is 1. The minimum absolute atomic E-state index is 0.251. The van der Waals surface area contributed by atoms with Gasteiger partial charge in [-0.2, -0.15) is 5.26 Å². The van der Waals surface area contributed by atoms with E-state index in [4.69, 9.17) is 10.00 Å². The molecule has 0 unspecified atom stereocenters. The van der Waals surface area contributed by atoms with Crippen molar-refractivity contribution in [3.05, 3.63) is 52.6 Å². The summed E-state index contributed by atoms with van der Waals surface area (Å²) >= 11 is 0. The van der Waals surface area contributed by atoms with Gasteiger partial charge in [0.2, 0.25) is 5.88 Å². The second-order valence-corrected chi connectivity index (χ2v) is 3.83. The summed E-state index contributed by atoms with van der Waals surface area (Å²) in [5.74, 6) is 0.981. The van der Waals surface area contributed by atoms with Gasteiger partial charge in [-0.05, 0) is 41.4 Å². The molecular formula is C14H11N3O2. The molecule has 0 saturated heterocycles. The molecule has 94 valence electrons. The van der Waals surface area contributed by atoms with Crippen molar-refractivity contribution in [1.82, 2.24) is 4.98 Å². The van der Waals surface area contributed by atoms with Crippen molar-refractivity contribution in [2.45, 2.75) is 13.3 Å². The van der Waals surface area contributed by atoms with Gasteiger partial charge in [0, 0.05) is 6.07 Å². The van der Waals surface area contributed by atoms with Crippen LogP contribution in [0.4, 0.5) is 5.69 Å². The standard InChI is InChI=1S/C14H11N3O2/c1-2-10-7-13(5-3-11(10)8-15)19-14-6-4-12(17-18)9-16-14/h3-7,9H,2H2,1H3. The number of aromatic nitrogens is 1. The highest BCUT2D eigenvalue weighted by molar-refractivity contribution is 5.44. The monoisotopic (exact) mass is 253 g/mol. The van der Waals surface area contributed by atoms with Crippen molar-refractivity contribution < 1.29 is 4.74 Å². The Morgan fingerprint density at radius 1 is 1.37 bits per heavy atom. The molecule has 0 saturated carbocycles. The number of nitrogens with zero attached hydrogens (tertiary/aromatic N) is 3. The second kappa shape index (κ2) is 5.74. The summed E-state index contributed by atoms with van der Waals surface area (Å²) in [6.07, 6.45) is 2.09. The van der Waals surface area contributed by atoms with Gasteiger partial charge < -0.3 is 4.74 Å². The molecule has 1 heterocycles. The predicted octanol–water partition coefficient (Wildman–Crippen LogP) is 3.71. The molecule has 5 nitrogen and oxygen atoms in total. The minimum atomic E-state index is 0.251. The number of hydrogen-bond acceptors (Lipinski definition) is 5. The molecule has 0 spiro atoms. The highest BCUT2D eigenvalue weighted by Crippen LogP contribution is 2.24. The Morgan fingerprint density at radius 3 is 2.79 bits per heavy atom. The summed E-state index contributed by atoms with van der Waals surface area (Å²) in [6.45, 7) is 1.97. The fraction of sp³-hybridized carbons (Fsp3) is 0.143. The average molecular weight is 253 g/mol. The van der Waals surface area contributed by atoms with Gasteiger partial charge in [0.1, 0.15) is 11.4 Å². The van der Waals surface area contributed by atoms with Crippen molar-refractivity contribution in [3.63, 3.8) is 0 Å². The Kier molecular flexibility index (Phi) is 3.84. The lowest BCUT2D eigenvalue weighted by Gasteiger charge is -2.07. The fourth-order valence-corrected chi connectivity index (χ4v) is 1.64. The highest BCUT2D eigenvalue weighted by atomic mass is 16.5. The molecule has 0 fully saturated rings. The van der Waals surface area contributed by atoms with E-state index in [-0.39, 0.29) is 5.69 Å². The van der Waals surface area contributed by atoms with Crippen LogP contribution in [0.5, 0.6) is 11.6 Å². The first-order chi connectivity index (χ1) is 9.26. The normalized spacial score (nSPS) is 9.68. The minimum Gasteiger partial charge on any atom is -0.439 e. The number of aryl methyl sites for hydroxylation is 1. The number of hydrogen-bond donors (Lipinski definition) is 0. The van der Waals surface area contributed by atoms with Gasteiger partial charge in [-0.25, -0.2) is 4.98 Å². The van der Waals surface area contributed by atoms with Gasteiger partial charge in [0.05, 0.1) is 17.8 Å². The Labute approximate surface area is 110 Å². The molecule has 2 rings (SSSR count). The van der Waals surface area contributed by atoms with Crippen molar-refractivity contribution >= 4 is 5.69 Å². The van der Waals surface area contributed by atoms with E-state index in [1.54, 1.807) is 18.2 Å². The summed E-state index contributed by atoms with van der Waals surface area (Å²) in [4.78, 5) is 14.2. The molecule has 0 aliphatic rings. The van der Waals surface area contributed by atoms with E-state index in [2.05, 4.69) is 16.2 Å². The van der Waals surface area contributed by atoms with Crippen molar-refractivity contribution in [1.29, 1.82) is 5.26 Å². The van der Waals surface area contributed by atoms with Gasteiger partial charge in [0.25, 0.3) is 0 Å². The first-order valence-corrected chi connectivity index (χ1v) is 5.77. The molecule has 1 aromatic carbocycles. The zero-order valence-electron chi connectivity index (χ0n) is 10.3. The topological polar surface area (TPSA) is 75.3 Å². The molecule has 0 N–H and O–H groups in total. The first kappa shape index (κ1) is 12.7. The summed E-state index contributed by atoms with van der Waals surface area (Å²) in [6, 6.07) is 10.5. The summed E-state index contributed by atoms with van der Waals surface area (Å²) < 4.78 is 5.56. The number of rotatable bonds is 4. The van der Waals surface area contributed by atoms with Crippen LogP contribution >= 0.6 is 0 Å². The third-order valence-corrected chi connectivity index (χ3v) is 2.63. The molecule has 1 aromatic heterocycles. The SMILES string of the molecule is CCc1cc(Oc2ccc(N=O)cn2)ccc1C#N. The molecule has 0 aliphatic carbocycles. The van der Waals surface area contributed by atoms with E-state index in [9.17, 15) is 4.91 Å². The highest BCUT2D eigenvalue weighted by Gasteiger charge is 2.04. The van der Waals surface area contributed by atoms with Gasteiger partial charge in [0.15, 0.2) is 0 Å². The van der Waals surface area contributed by atoms with Crippen LogP contribution in [0.3, 0.4) is 0 Å². The largest absolute Gasteiger partial charge is 0.439 e. The van der Waals surface area contributed by atoms with Crippen LogP contribution in [0.25, 0.3) is 0 Å². The Hall–Kier alpha value is -2.74. The maximum absolute atomic E-state index is 10.3. The van der Waals surface area contributed by atoms with Gasteiger partial charge >= 0.3 is 0 Å². The summed E-state index contributed by atoms with van der Waals surface area (Å²) in [7, 11) is 0. The number of benzene rings is 1. The van der Waals surface area contributed by atoms with E-state index in [1.807, 2.05) is 13.0 Å². The van der Waals surface area contributed by atoms with E-state index in [1.165, 1.54) is 12.3 Å². The number of nitroso groups, excluding NO2 is 1. The molecule has 19 heavy (non-hydrogen) atoms. The molecule has 0 aliphatic heterocycles. The van der Waals surface area contributed by atoms with E-state index in [0.29, 0.717) is 17.2 Å². The van der Waals surface area contributed by atoms with E-state index >= 15 is 0 Å². The molecular weight excluding hydrogens is 242 g/mol. The zero-order valence-corrected chi connectivity index (χ0v) is 10.3. The molecule has 0 atom stereocenters. The Bertz CT molecular complexity index is 630. The van der Waals surface area contributed by atoms with Crippen LogP contribution in [-0.4, -0.2) is 4.98 Å². The molecule has 0 bridgehead atoms. The molecule has 5 heteroatoms. The smallest absolute Gasteiger partial charge is 0.219 e. The van der Waals surface area contributed by atoms with E-state index < -0.39 is 0 Å². The Balaban J connectivity index is 2.23. The van der Waals surface area contributed by atoms with Gasteiger partial charge in [-0.15, -0.1) is 4.91 Å². The van der Waals surface area contributed by atoms with Crippen LogP contribution in [-0.2, 0) is 6.42 Å². The van der Waals surface area contributed by atoms with Crippen LogP contribution in [0.15, 0.2) is 41.7 Å². The summed E-state index contributed by atoms with van der Waals surface area (Å²) in [5, 5.41) is 11.7. The average Bonchev–Trinajstić information content (AvgIpc) is 2.48. The predicted molar refractivity (Wildman–Crippen MR) is 70.3 cm³/mol. The van der Waals surface area contributed by atoms with Crippen LogP contribution in [0.2, 0.25) is 0 Å². The zero-order chi connectivity index (χ0) is 13.7. The quantitative estimate of drug-likeness (QED) is 0.778. The third kappa shape index (κ3) is 2.93. The lowest BCUT2D eigenvalue weighted by Crippen LogP contribution is -1.91. The maximum Gasteiger partial charge on any atom is 0.219 e. The maximum atomic E-state index is 10.3. The fourth-order valence-electron chi connectivity index (χ4n) is 1.64. The van der Waals surface area contributed by atoms with Crippen molar-refractivity contribution in [2.24, 2.45) is 5.18 Å². The van der Waals surface area contributed by atoms with Crippen LogP contribution in [0.1, 0.15) is 18.1 Å². The van der Waals surface area contributed by atoms with Crippen molar-refractivity contribution in [2.75, 3.05) is 0 Å². The van der Waals surface area contributed by atoms with Crippen LogP contribution < -0.4 is 4.74 Å². The third-order valence-electron chi connectivity index (χ3n) is 2.63. The molecule has 2 aromatic rings. The van der Waals surface area contributed by atoms with E-state index in [0.717, 1.165) is 12.0 Å². The first-order valence-electron chi connectivity index (χ1n) is 5.77. The van der Waals surface area contributed by atoms with Gasteiger partial charge in [-0.3, -0.25) is 0 Å².